The molecular formula is C22H21FN4O2. The molecule has 6 nitrogen and oxygen atoms in total. The van der Waals surface area contributed by atoms with E-state index >= 15 is 0 Å². The molecule has 0 unspecified atom stereocenters. The minimum atomic E-state index is -0.559. The zero-order valence-corrected chi connectivity index (χ0v) is 15.8. The fourth-order valence-electron chi connectivity index (χ4n) is 3.18. The third-order valence-electron chi connectivity index (χ3n) is 4.66. The quantitative estimate of drug-likeness (QED) is 0.686. The summed E-state index contributed by atoms with van der Waals surface area (Å²) >= 11 is 0. The lowest BCUT2D eigenvalue weighted by Gasteiger charge is -2.30. The van der Waals surface area contributed by atoms with E-state index in [9.17, 15) is 9.18 Å². The maximum absolute atomic E-state index is 13.7. The first-order valence-corrected chi connectivity index (χ1v) is 9.41. The molecule has 1 saturated heterocycles. The molecule has 2 heterocycles. The Morgan fingerprint density at radius 3 is 2.52 bits per heavy atom. The number of ether oxygens (including phenoxy) is 1. The Morgan fingerprint density at radius 1 is 1.00 bits per heavy atom. The number of carbonyl (C=O) groups is 1. The lowest BCUT2D eigenvalue weighted by atomic mass is 10.2. The van der Waals surface area contributed by atoms with E-state index in [1.54, 1.807) is 30.5 Å². The minimum absolute atomic E-state index is 0.00543. The summed E-state index contributed by atoms with van der Waals surface area (Å²) in [5.74, 6) is -0.422. The second kappa shape index (κ2) is 8.70. The van der Waals surface area contributed by atoms with E-state index in [-0.39, 0.29) is 5.56 Å². The molecule has 1 fully saturated rings. The van der Waals surface area contributed by atoms with Gasteiger partial charge in [0, 0.05) is 13.1 Å². The van der Waals surface area contributed by atoms with Crippen LogP contribution in [0, 0.1) is 5.82 Å². The molecule has 1 aliphatic heterocycles. The van der Waals surface area contributed by atoms with E-state index in [0.29, 0.717) is 24.7 Å². The van der Waals surface area contributed by atoms with E-state index in [1.165, 1.54) is 12.1 Å². The van der Waals surface area contributed by atoms with Gasteiger partial charge in [0.25, 0.3) is 5.91 Å². The number of nitrogens with one attached hydrogen (secondary N) is 2. The first-order chi connectivity index (χ1) is 14.2. The maximum atomic E-state index is 13.7. The average Bonchev–Trinajstić information content (AvgIpc) is 2.76. The zero-order chi connectivity index (χ0) is 20.1. The zero-order valence-electron chi connectivity index (χ0n) is 15.8. The van der Waals surface area contributed by atoms with E-state index in [2.05, 4.69) is 26.6 Å². The summed E-state index contributed by atoms with van der Waals surface area (Å²) in [5, 5.41) is 5.99. The normalized spacial score (nSPS) is 13.8. The van der Waals surface area contributed by atoms with Crippen LogP contribution in [0.25, 0.3) is 0 Å². The van der Waals surface area contributed by atoms with Crippen LogP contribution in [0.5, 0.6) is 0 Å². The Balaban J connectivity index is 1.45. The number of anilines is 4. The van der Waals surface area contributed by atoms with Crippen LogP contribution in [-0.2, 0) is 4.74 Å². The van der Waals surface area contributed by atoms with Crippen LogP contribution >= 0.6 is 0 Å². The number of morpholine rings is 1. The van der Waals surface area contributed by atoms with Gasteiger partial charge in [0.05, 0.1) is 42.0 Å². The summed E-state index contributed by atoms with van der Waals surface area (Å²) in [4.78, 5) is 18.9. The SMILES string of the molecule is O=C(Nc1ccc(Nc2ccccc2N2CCOCC2)nc1)c1ccccc1F. The van der Waals surface area contributed by atoms with Gasteiger partial charge in [-0.1, -0.05) is 24.3 Å². The van der Waals surface area contributed by atoms with Gasteiger partial charge < -0.3 is 20.3 Å². The van der Waals surface area contributed by atoms with Gasteiger partial charge in [0.2, 0.25) is 0 Å². The lowest BCUT2D eigenvalue weighted by Crippen LogP contribution is -2.36. The van der Waals surface area contributed by atoms with Gasteiger partial charge in [0.15, 0.2) is 0 Å². The van der Waals surface area contributed by atoms with Crippen molar-refractivity contribution in [2.75, 3.05) is 41.8 Å². The highest BCUT2D eigenvalue weighted by atomic mass is 19.1. The van der Waals surface area contributed by atoms with Crippen molar-refractivity contribution in [2.24, 2.45) is 0 Å². The molecule has 29 heavy (non-hydrogen) atoms. The molecule has 0 bridgehead atoms. The van der Waals surface area contributed by atoms with Gasteiger partial charge in [-0.25, -0.2) is 9.37 Å². The number of halogens is 1. The number of para-hydroxylation sites is 2. The van der Waals surface area contributed by atoms with Gasteiger partial charge in [0.1, 0.15) is 11.6 Å². The molecule has 0 atom stereocenters. The maximum Gasteiger partial charge on any atom is 0.258 e. The van der Waals surface area contributed by atoms with Crippen molar-refractivity contribution in [1.82, 2.24) is 4.98 Å². The van der Waals surface area contributed by atoms with Crippen LogP contribution in [0.15, 0.2) is 66.9 Å². The molecule has 4 rings (SSSR count). The van der Waals surface area contributed by atoms with Crippen molar-refractivity contribution in [3.8, 4) is 0 Å². The number of pyridine rings is 1. The molecule has 0 aliphatic carbocycles. The topological polar surface area (TPSA) is 66.5 Å². The summed E-state index contributed by atoms with van der Waals surface area (Å²) in [6, 6.07) is 17.4. The molecule has 148 valence electrons. The van der Waals surface area contributed by atoms with Gasteiger partial charge in [-0.05, 0) is 36.4 Å². The van der Waals surface area contributed by atoms with Crippen molar-refractivity contribution in [2.45, 2.75) is 0 Å². The molecule has 0 saturated carbocycles. The van der Waals surface area contributed by atoms with E-state index in [0.717, 1.165) is 24.5 Å². The Morgan fingerprint density at radius 2 is 1.76 bits per heavy atom. The van der Waals surface area contributed by atoms with Crippen LogP contribution < -0.4 is 15.5 Å². The highest BCUT2D eigenvalue weighted by Gasteiger charge is 2.15. The fraction of sp³-hybridized carbons (Fsp3) is 0.182. The molecule has 1 amide bonds. The van der Waals surface area contributed by atoms with E-state index in [4.69, 9.17) is 4.74 Å². The predicted molar refractivity (Wildman–Crippen MR) is 111 cm³/mol. The van der Waals surface area contributed by atoms with Crippen molar-refractivity contribution >= 4 is 28.8 Å². The fourth-order valence-corrected chi connectivity index (χ4v) is 3.18. The van der Waals surface area contributed by atoms with Gasteiger partial charge in [-0.15, -0.1) is 0 Å². The molecule has 3 aromatic rings. The number of aromatic nitrogens is 1. The Bertz CT molecular complexity index is 988. The summed E-state index contributed by atoms with van der Waals surface area (Å²) in [7, 11) is 0. The smallest absolute Gasteiger partial charge is 0.258 e. The van der Waals surface area contributed by atoms with Gasteiger partial charge >= 0.3 is 0 Å². The summed E-state index contributed by atoms with van der Waals surface area (Å²) in [5.41, 5.74) is 2.53. The largest absolute Gasteiger partial charge is 0.378 e. The van der Waals surface area contributed by atoms with Crippen LogP contribution in [0.4, 0.5) is 27.3 Å². The van der Waals surface area contributed by atoms with Crippen LogP contribution in [0.2, 0.25) is 0 Å². The standard InChI is InChI=1S/C22H21FN4O2/c23-18-6-2-1-5-17(18)22(28)25-16-9-10-21(24-15-16)26-19-7-3-4-8-20(19)27-11-13-29-14-12-27/h1-10,15H,11-14H2,(H,24,26)(H,25,28). The van der Waals surface area contributed by atoms with E-state index in [1.807, 2.05) is 18.2 Å². The minimum Gasteiger partial charge on any atom is -0.378 e. The highest BCUT2D eigenvalue weighted by molar-refractivity contribution is 6.04. The first kappa shape index (κ1) is 18.9. The van der Waals surface area contributed by atoms with Crippen LogP contribution in [-0.4, -0.2) is 37.2 Å². The van der Waals surface area contributed by atoms with Crippen LogP contribution in [0.3, 0.4) is 0 Å². The summed E-state index contributed by atoms with van der Waals surface area (Å²) < 4.78 is 19.2. The van der Waals surface area contributed by atoms with Crippen molar-refractivity contribution in [3.05, 3.63) is 78.2 Å². The Labute approximate surface area is 168 Å². The van der Waals surface area contributed by atoms with Crippen molar-refractivity contribution in [1.29, 1.82) is 0 Å². The number of benzene rings is 2. The number of nitrogens with zero attached hydrogens (tertiary/aromatic N) is 2. The average molecular weight is 392 g/mol. The molecular weight excluding hydrogens is 371 g/mol. The first-order valence-electron chi connectivity index (χ1n) is 9.41. The Hall–Kier alpha value is -3.45. The molecule has 2 aromatic carbocycles. The third kappa shape index (κ3) is 4.52. The number of hydrogen-bond donors (Lipinski definition) is 2. The summed E-state index contributed by atoms with van der Waals surface area (Å²) in [6.45, 7) is 3.10. The van der Waals surface area contributed by atoms with Gasteiger partial charge in [-0.2, -0.15) is 0 Å². The number of rotatable bonds is 5. The molecule has 7 heteroatoms. The predicted octanol–water partition coefficient (Wildman–Crippen LogP) is 4.05. The highest BCUT2D eigenvalue weighted by Crippen LogP contribution is 2.29. The van der Waals surface area contributed by atoms with Gasteiger partial charge in [-0.3, -0.25) is 4.79 Å². The van der Waals surface area contributed by atoms with E-state index < -0.39 is 11.7 Å². The second-order valence-electron chi connectivity index (χ2n) is 6.61. The second-order valence-corrected chi connectivity index (χ2v) is 6.61. The molecule has 0 spiro atoms. The monoisotopic (exact) mass is 392 g/mol. The lowest BCUT2D eigenvalue weighted by molar-refractivity contribution is 0.102. The number of hydrogen-bond acceptors (Lipinski definition) is 5. The number of amides is 1. The molecule has 2 N–H and O–H groups in total. The summed E-state index contributed by atoms with van der Waals surface area (Å²) in [6.07, 6.45) is 1.54. The third-order valence-corrected chi connectivity index (χ3v) is 4.66. The molecule has 1 aliphatic rings. The molecule has 1 aromatic heterocycles. The Kier molecular flexibility index (Phi) is 5.67. The van der Waals surface area contributed by atoms with Crippen molar-refractivity contribution in [3.63, 3.8) is 0 Å². The number of carbonyl (C=O) groups excluding carboxylic acids is 1. The van der Waals surface area contributed by atoms with Crippen molar-refractivity contribution < 1.29 is 13.9 Å². The van der Waals surface area contributed by atoms with Crippen LogP contribution in [0.1, 0.15) is 10.4 Å². The molecule has 0 radical (unpaired) electrons.